The van der Waals surface area contributed by atoms with Crippen molar-refractivity contribution < 1.29 is 4.39 Å². The predicted octanol–water partition coefficient (Wildman–Crippen LogP) is 5.20. The maximum Gasteiger partial charge on any atom is 0.227 e. The van der Waals surface area contributed by atoms with Crippen LogP contribution in [0.2, 0.25) is 0 Å². The quantitative estimate of drug-likeness (QED) is 0.661. The Morgan fingerprint density at radius 3 is 2.48 bits per heavy atom. The first-order valence-corrected chi connectivity index (χ1v) is 12.0. The molecular formula is C25H36FN5. The van der Waals surface area contributed by atoms with Gasteiger partial charge in [0.1, 0.15) is 11.6 Å². The molecule has 2 aliphatic heterocycles. The van der Waals surface area contributed by atoms with Gasteiger partial charge in [-0.15, -0.1) is 0 Å². The maximum atomic E-state index is 14.5. The second-order valence-corrected chi connectivity index (χ2v) is 9.34. The molecule has 4 rings (SSSR count). The highest BCUT2D eigenvalue weighted by Crippen LogP contribution is 2.31. The van der Waals surface area contributed by atoms with Crippen LogP contribution in [0.5, 0.6) is 0 Å². The molecule has 0 radical (unpaired) electrons. The highest BCUT2D eigenvalue weighted by Gasteiger charge is 2.27. The lowest BCUT2D eigenvalue weighted by Gasteiger charge is -2.40. The summed E-state index contributed by atoms with van der Waals surface area (Å²) in [6.07, 6.45) is 9.21. The Kier molecular flexibility index (Phi) is 7.38. The van der Waals surface area contributed by atoms with Crippen LogP contribution in [0.4, 0.5) is 16.2 Å². The summed E-state index contributed by atoms with van der Waals surface area (Å²) in [5.74, 6) is 1.84. The summed E-state index contributed by atoms with van der Waals surface area (Å²) in [6.45, 7) is 9.68. The summed E-state index contributed by atoms with van der Waals surface area (Å²) < 4.78 is 14.5. The Balaban J connectivity index is 1.50. The Hall–Kier alpha value is -2.21. The molecule has 2 fully saturated rings. The fraction of sp³-hybridized carbons (Fsp3) is 0.600. The molecule has 1 aromatic heterocycles. The van der Waals surface area contributed by atoms with Crippen molar-refractivity contribution in [1.82, 2.24) is 14.9 Å². The summed E-state index contributed by atoms with van der Waals surface area (Å²) in [7, 11) is 0. The van der Waals surface area contributed by atoms with E-state index >= 15 is 0 Å². The van der Waals surface area contributed by atoms with Crippen molar-refractivity contribution in [2.24, 2.45) is 5.92 Å². The lowest BCUT2D eigenvalue weighted by atomic mass is 10.00. The minimum absolute atomic E-state index is 0.242. The van der Waals surface area contributed by atoms with E-state index in [1.54, 1.807) is 18.3 Å². The first kappa shape index (κ1) is 22.0. The molecule has 0 saturated carbocycles. The van der Waals surface area contributed by atoms with Crippen molar-refractivity contribution >= 4 is 11.8 Å². The number of anilines is 2. The normalized spacial score (nSPS) is 18.5. The van der Waals surface area contributed by atoms with E-state index in [2.05, 4.69) is 33.9 Å². The summed E-state index contributed by atoms with van der Waals surface area (Å²) in [5.41, 5.74) is 1.28. The first-order chi connectivity index (χ1) is 15.1. The Labute approximate surface area is 186 Å². The fourth-order valence-corrected chi connectivity index (χ4v) is 4.73. The van der Waals surface area contributed by atoms with E-state index < -0.39 is 0 Å². The number of hydrogen-bond donors (Lipinski definition) is 1. The number of halogens is 1. The first-order valence-electron chi connectivity index (χ1n) is 12.0. The Morgan fingerprint density at radius 2 is 1.77 bits per heavy atom. The smallest absolute Gasteiger partial charge is 0.227 e. The van der Waals surface area contributed by atoms with Crippen LogP contribution in [0.25, 0.3) is 11.1 Å². The van der Waals surface area contributed by atoms with Gasteiger partial charge in [-0.25, -0.2) is 9.37 Å². The highest BCUT2D eigenvalue weighted by molar-refractivity contribution is 5.75. The minimum atomic E-state index is -0.242. The zero-order valence-corrected chi connectivity index (χ0v) is 19.0. The molecule has 6 heteroatoms. The number of nitrogens with one attached hydrogen (secondary N) is 1. The van der Waals surface area contributed by atoms with Gasteiger partial charge in [-0.3, -0.25) is 0 Å². The van der Waals surface area contributed by atoms with Crippen molar-refractivity contribution in [3.05, 3.63) is 36.3 Å². The standard InChI is InChI=1S/C25H36FN5/c1-19(2)10-13-27-24-22(21-8-4-5-9-23(21)26)18-28-25(29-24)31-16-11-20(12-17-31)30-14-6-3-7-15-30/h4-5,8-9,18-20H,3,6-7,10-17H2,1-2H3,(H,27,28,29). The molecule has 3 heterocycles. The monoisotopic (exact) mass is 425 g/mol. The molecule has 0 unspecified atom stereocenters. The Morgan fingerprint density at radius 1 is 1.03 bits per heavy atom. The van der Waals surface area contributed by atoms with Crippen LogP contribution in [0, 0.1) is 11.7 Å². The number of rotatable bonds is 7. The molecule has 2 aromatic rings. The second kappa shape index (κ2) is 10.4. The summed E-state index contributed by atoms with van der Waals surface area (Å²) in [5, 5.41) is 3.46. The fourth-order valence-electron chi connectivity index (χ4n) is 4.73. The molecule has 2 saturated heterocycles. The number of likely N-dealkylation sites (tertiary alicyclic amines) is 1. The zero-order chi connectivity index (χ0) is 21.6. The third-order valence-corrected chi connectivity index (χ3v) is 6.61. The molecule has 0 aliphatic carbocycles. The molecule has 0 bridgehead atoms. The number of aromatic nitrogens is 2. The van der Waals surface area contributed by atoms with Gasteiger partial charge in [-0.1, -0.05) is 38.5 Å². The van der Waals surface area contributed by atoms with Crippen LogP contribution in [0.1, 0.15) is 52.4 Å². The van der Waals surface area contributed by atoms with Gasteiger partial charge < -0.3 is 15.1 Å². The molecule has 5 nitrogen and oxygen atoms in total. The molecule has 0 spiro atoms. The largest absolute Gasteiger partial charge is 0.369 e. The van der Waals surface area contributed by atoms with E-state index in [0.717, 1.165) is 56.2 Å². The van der Waals surface area contributed by atoms with Crippen molar-refractivity contribution in [2.75, 3.05) is 42.9 Å². The second-order valence-electron chi connectivity index (χ2n) is 9.34. The molecule has 2 aliphatic rings. The number of piperidine rings is 2. The third-order valence-electron chi connectivity index (χ3n) is 6.61. The van der Waals surface area contributed by atoms with Gasteiger partial charge in [0.2, 0.25) is 5.95 Å². The minimum Gasteiger partial charge on any atom is -0.369 e. The van der Waals surface area contributed by atoms with Crippen LogP contribution < -0.4 is 10.2 Å². The van der Waals surface area contributed by atoms with Crippen molar-refractivity contribution in [3.8, 4) is 11.1 Å². The van der Waals surface area contributed by atoms with Crippen LogP contribution >= 0.6 is 0 Å². The molecule has 168 valence electrons. The molecule has 0 atom stereocenters. The van der Waals surface area contributed by atoms with Crippen molar-refractivity contribution in [3.63, 3.8) is 0 Å². The SMILES string of the molecule is CC(C)CCNc1nc(N2CCC(N3CCCCC3)CC2)ncc1-c1ccccc1F. The summed E-state index contributed by atoms with van der Waals surface area (Å²) in [4.78, 5) is 14.5. The van der Waals surface area contributed by atoms with E-state index in [1.165, 1.54) is 38.4 Å². The van der Waals surface area contributed by atoms with E-state index in [0.29, 0.717) is 17.5 Å². The lowest BCUT2D eigenvalue weighted by Crippen LogP contribution is -2.47. The van der Waals surface area contributed by atoms with Crippen LogP contribution in [-0.2, 0) is 0 Å². The molecule has 0 amide bonds. The van der Waals surface area contributed by atoms with Crippen molar-refractivity contribution in [2.45, 2.75) is 58.4 Å². The number of nitrogens with zero attached hydrogens (tertiary/aromatic N) is 4. The van der Waals surface area contributed by atoms with Gasteiger partial charge in [0.15, 0.2) is 0 Å². The van der Waals surface area contributed by atoms with Crippen LogP contribution in [0.3, 0.4) is 0 Å². The summed E-state index contributed by atoms with van der Waals surface area (Å²) in [6, 6.07) is 7.55. The van der Waals surface area contributed by atoms with Crippen LogP contribution in [-0.4, -0.2) is 53.6 Å². The lowest BCUT2D eigenvalue weighted by molar-refractivity contribution is 0.141. The van der Waals surface area contributed by atoms with Gasteiger partial charge in [0, 0.05) is 43.0 Å². The number of benzene rings is 1. The van der Waals surface area contributed by atoms with Gasteiger partial charge in [0.25, 0.3) is 0 Å². The average Bonchev–Trinajstić information content (AvgIpc) is 2.80. The average molecular weight is 426 g/mol. The highest BCUT2D eigenvalue weighted by atomic mass is 19.1. The van der Waals surface area contributed by atoms with E-state index in [4.69, 9.17) is 4.98 Å². The number of hydrogen-bond acceptors (Lipinski definition) is 5. The van der Waals surface area contributed by atoms with E-state index in [9.17, 15) is 4.39 Å². The molecule has 1 aromatic carbocycles. The van der Waals surface area contributed by atoms with Gasteiger partial charge in [0.05, 0.1) is 0 Å². The zero-order valence-electron chi connectivity index (χ0n) is 19.0. The van der Waals surface area contributed by atoms with Crippen LogP contribution in [0.15, 0.2) is 30.5 Å². The van der Waals surface area contributed by atoms with E-state index in [-0.39, 0.29) is 5.82 Å². The van der Waals surface area contributed by atoms with Crippen molar-refractivity contribution in [1.29, 1.82) is 0 Å². The van der Waals surface area contributed by atoms with E-state index in [1.807, 2.05) is 6.07 Å². The summed E-state index contributed by atoms with van der Waals surface area (Å²) >= 11 is 0. The predicted molar refractivity (Wildman–Crippen MR) is 126 cm³/mol. The Bertz CT molecular complexity index is 842. The van der Waals surface area contributed by atoms with Gasteiger partial charge in [-0.2, -0.15) is 4.98 Å². The molecule has 1 N–H and O–H groups in total. The van der Waals surface area contributed by atoms with Gasteiger partial charge in [-0.05, 0) is 57.2 Å². The van der Waals surface area contributed by atoms with Gasteiger partial charge >= 0.3 is 0 Å². The topological polar surface area (TPSA) is 44.3 Å². The third kappa shape index (κ3) is 5.53. The molecule has 31 heavy (non-hydrogen) atoms. The maximum absolute atomic E-state index is 14.5. The molecular weight excluding hydrogens is 389 g/mol.